The molecule has 0 aliphatic rings. The van der Waals surface area contributed by atoms with Crippen LogP contribution < -0.4 is 0 Å². The lowest BCUT2D eigenvalue weighted by molar-refractivity contribution is 0.798. The molecule has 90 valence electrons. The predicted octanol–water partition coefficient (Wildman–Crippen LogP) is 1.35. The zero-order valence-corrected chi connectivity index (χ0v) is 10.5. The highest BCUT2D eigenvalue weighted by molar-refractivity contribution is 7.80. The topological polar surface area (TPSA) is 61.4 Å². The number of nitrogens with zero attached hydrogens (tertiary/aromatic N) is 6. The van der Waals surface area contributed by atoms with Crippen LogP contribution in [0.1, 0.15) is 0 Å². The molecule has 0 atom stereocenters. The lowest BCUT2D eigenvalue weighted by Gasteiger charge is -2.04. The quantitative estimate of drug-likeness (QED) is 0.705. The van der Waals surface area contributed by atoms with Crippen LogP contribution in [0.5, 0.6) is 0 Å². The van der Waals surface area contributed by atoms with Crippen molar-refractivity contribution < 1.29 is 0 Å². The summed E-state index contributed by atoms with van der Waals surface area (Å²) in [7, 11) is 1.88. The first-order chi connectivity index (χ1) is 8.75. The summed E-state index contributed by atoms with van der Waals surface area (Å²) in [6, 6.07) is 7.91. The van der Waals surface area contributed by atoms with Crippen molar-refractivity contribution in [1.82, 2.24) is 29.5 Å². The Labute approximate surface area is 109 Å². The molecule has 1 aromatic carbocycles. The predicted molar refractivity (Wildman–Crippen MR) is 68.6 cm³/mol. The van der Waals surface area contributed by atoms with Crippen molar-refractivity contribution in [2.45, 2.75) is 5.16 Å². The molecular formula is C11H10N6S. The van der Waals surface area contributed by atoms with E-state index in [1.54, 1.807) is 12.7 Å². The largest absolute Gasteiger partial charge is 0.305 e. The van der Waals surface area contributed by atoms with Gasteiger partial charge in [0.25, 0.3) is 0 Å². The van der Waals surface area contributed by atoms with Gasteiger partial charge in [-0.3, -0.25) is 4.57 Å². The molecule has 7 heteroatoms. The van der Waals surface area contributed by atoms with E-state index in [0.29, 0.717) is 5.16 Å². The van der Waals surface area contributed by atoms with Gasteiger partial charge >= 0.3 is 0 Å². The van der Waals surface area contributed by atoms with Gasteiger partial charge in [0.1, 0.15) is 12.7 Å². The molecule has 0 radical (unpaired) electrons. The van der Waals surface area contributed by atoms with Gasteiger partial charge < -0.3 is 4.57 Å². The average Bonchev–Trinajstić information content (AvgIpc) is 3.02. The Morgan fingerprint density at radius 1 is 1.00 bits per heavy atom. The van der Waals surface area contributed by atoms with Crippen molar-refractivity contribution in [3.63, 3.8) is 0 Å². The first-order valence-corrected chi connectivity index (χ1v) is 5.74. The third-order valence-electron chi connectivity index (χ3n) is 2.69. The number of rotatable bonds is 2. The molecule has 3 rings (SSSR count). The molecule has 6 nitrogen and oxygen atoms in total. The Morgan fingerprint density at radius 3 is 2.22 bits per heavy atom. The van der Waals surface area contributed by atoms with Crippen molar-refractivity contribution in [3.8, 4) is 17.1 Å². The summed E-state index contributed by atoms with van der Waals surface area (Å²) >= 11 is 4.21. The van der Waals surface area contributed by atoms with E-state index in [9.17, 15) is 0 Å². The highest BCUT2D eigenvalue weighted by atomic mass is 32.1. The Hall–Kier alpha value is -2.15. The molecule has 0 N–H and O–H groups in total. The van der Waals surface area contributed by atoms with Crippen molar-refractivity contribution in [2.75, 3.05) is 0 Å². The second kappa shape index (κ2) is 4.26. The van der Waals surface area contributed by atoms with Gasteiger partial charge in [-0.1, -0.05) is 0 Å². The van der Waals surface area contributed by atoms with Gasteiger partial charge in [0.05, 0.1) is 0 Å². The summed E-state index contributed by atoms with van der Waals surface area (Å²) in [5.41, 5.74) is 1.99. The molecule has 0 saturated heterocycles. The van der Waals surface area contributed by atoms with Crippen molar-refractivity contribution in [3.05, 3.63) is 36.9 Å². The van der Waals surface area contributed by atoms with E-state index in [1.807, 2.05) is 40.4 Å². The summed E-state index contributed by atoms with van der Waals surface area (Å²) in [5.74, 6) is 0.787. The SMILES string of the molecule is Cn1c(S)nnc1-c1ccc(-n2cnnc2)cc1. The summed E-state index contributed by atoms with van der Waals surface area (Å²) < 4.78 is 3.67. The molecule has 0 bridgehead atoms. The third-order valence-corrected chi connectivity index (χ3v) is 3.08. The van der Waals surface area contributed by atoms with Crippen LogP contribution in [0.4, 0.5) is 0 Å². The van der Waals surface area contributed by atoms with Crippen LogP contribution in [0.2, 0.25) is 0 Å². The first kappa shape index (κ1) is 11.0. The van der Waals surface area contributed by atoms with E-state index in [1.165, 1.54) is 0 Å². The minimum atomic E-state index is 0.591. The van der Waals surface area contributed by atoms with E-state index in [4.69, 9.17) is 0 Å². The van der Waals surface area contributed by atoms with Crippen molar-refractivity contribution >= 4 is 12.6 Å². The highest BCUT2D eigenvalue weighted by Crippen LogP contribution is 2.20. The average molecular weight is 258 g/mol. The normalized spacial score (nSPS) is 10.8. The standard InChI is InChI=1S/C11H10N6S/c1-16-10(14-15-11(16)18)8-2-4-9(5-3-8)17-6-12-13-7-17/h2-7H,1H3,(H,15,18). The fourth-order valence-corrected chi connectivity index (χ4v) is 1.83. The van der Waals surface area contributed by atoms with Gasteiger partial charge in [-0.25, -0.2) is 0 Å². The summed E-state index contributed by atoms with van der Waals surface area (Å²) in [4.78, 5) is 0. The molecule has 0 fully saturated rings. The van der Waals surface area contributed by atoms with Gasteiger partial charge in [0.2, 0.25) is 0 Å². The second-order valence-corrected chi connectivity index (χ2v) is 4.20. The molecule has 2 aromatic heterocycles. The minimum Gasteiger partial charge on any atom is -0.305 e. The van der Waals surface area contributed by atoms with Crippen molar-refractivity contribution in [1.29, 1.82) is 0 Å². The van der Waals surface area contributed by atoms with E-state index < -0.39 is 0 Å². The molecular weight excluding hydrogens is 248 g/mol. The Bertz CT molecular complexity index is 655. The van der Waals surface area contributed by atoms with Crippen LogP contribution in [0.15, 0.2) is 42.1 Å². The summed E-state index contributed by atoms with van der Waals surface area (Å²) in [6.45, 7) is 0. The van der Waals surface area contributed by atoms with E-state index in [2.05, 4.69) is 33.0 Å². The van der Waals surface area contributed by atoms with Gasteiger partial charge in [-0.2, -0.15) is 0 Å². The van der Waals surface area contributed by atoms with Gasteiger partial charge in [0, 0.05) is 18.3 Å². The van der Waals surface area contributed by atoms with E-state index in [0.717, 1.165) is 17.1 Å². The van der Waals surface area contributed by atoms with Gasteiger partial charge in [0.15, 0.2) is 11.0 Å². The molecule has 0 unspecified atom stereocenters. The maximum atomic E-state index is 4.21. The fourth-order valence-electron chi connectivity index (χ4n) is 1.69. The van der Waals surface area contributed by atoms with Gasteiger partial charge in [-0.05, 0) is 24.3 Å². The lowest BCUT2D eigenvalue weighted by Crippen LogP contribution is -1.94. The Balaban J connectivity index is 1.99. The first-order valence-electron chi connectivity index (χ1n) is 5.29. The summed E-state index contributed by atoms with van der Waals surface area (Å²) in [6.07, 6.45) is 3.31. The smallest absolute Gasteiger partial charge is 0.188 e. The van der Waals surface area contributed by atoms with E-state index >= 15 is 0 Å². The molecule has 0 spiro atoms. The maximum absolute atomic E-state index is 4.21. The molecule has 18 heavy (non-hydrogen) atoms. The number of benzene rings is 1. The van der Waals surface area contributed by atoms with Crippen LogP contribution in [-0.2, 0) is 7.05 Å². The van der Waals surface area contributed by atoms with E-state index in [-0.39, 0.29) is 0 Å². The monoisotopic (exact) mass is 258 g/mol. The molecule has 3 aromatic rings. The van der Waals surface area contributed by atoms with Crippen LogP contribution >= 0.6 is 12.6 Å². The molecule has 0 saturated carbocycles. The van der Waals surface area contributed by atoms with Crippen LogP contribution in [-0.4, -0.2) is 29.5 Å². The zero-order valence-electron chi connectivity index (χ0n) is 9.59. The number of aromatic nitrogens is 6. The molecule has 0 aliphatic carbocycles. The number of hydrogen-bond acceptors (Lipinski definition) is 5. The third kappa shape index (κ3) is 1.78. The lowest BCUT2D eigenvalue weighted by atomic mass is 10.2. The van der Waals surface area contributed by atoms with Crippen LogP contribution in [0.25, 0.3) is 17.1 Å². The molecule has 0 aliphatic heterocycles. The minimum absolute atomic E-state index is 0.591. The number of hydrogen-bond donors (Lipinski definition) is 1. The van der Waals surface area contributed by atoms with Gasteiger partial charge in [-0.15, -0.1) is 33.0 Å². The Morgan fingerprint density at radius 2 is 1.67 bits per heavy atom. The molecule has 0 amide bonds. The number of thiol groups is 1. The van der Waals surface area contributed by atoms with Crippen molar-refractivity contribution in [2.24, 2.45) is 7.05 Å². The Kier molecular flexibility index (Phi) is 2.60. The second-order valence-electron chi connectivity index (χ2n) is 3.80. The fraction of sp³-hybridized carbons (Fsp3) is 0.0909. The zero-order chi connectivity index (χ0) is 12.5. The molecule has 2 heterocycles. The van der Waals surface area contributed by atoms with Crippen LogP contribution in [0, 0.1) is 0 Å². The highest BCUT2D eigenvalue weighted by Gasteiger charge is 2.08. The summed E-state index contributed by atoms with van der Waals surface area (Å²) in [5, 5.41) is 16.1. The maximum Gasteiger partial charge on any atom is 0.188 e. The van der Waals surface area contributed by atoms with Crippen LogP contribution in [0.3, 0.4) is 0 Å².